The van der Waals surface area contributed by atoms with Crippen LogP contribution in [0, 0.1) is 0 Å². The summed E-state index contributed by atoms with van der Waals surface area (Å²) >= 11 is 0. The molecule has 0 bridgehead atoms. The maximum absolute atomic E-state index is 12.1. The first-order chi connectivity index (χ1) is 9.63. The summed E-state index contributed by atoms with van der Waals surface area (Å²) in [5.74, 6) is -0.0695. The van der Waals surface area contributed by atoms with Gasteiger partial charge in [0.1, 0.15) is 11.8 Å². The minimum Gasteiger partial charge on any atom is -0.467 e. The molecular formula is C13H15N3O4. The van der Waals surface area contributed by atoms with Crippen LogP contribution in [0.3, 0.4) is 0 Å². The van der Waals surface area contributed by atoms with Gasteiger partial charge in [-0.3, -0.25) is 14.5 Å². The highest BCUT2D eigenvalue weighted by molar-refractivity contribution is 6.05. The van der Waals surface area contributed by atoms with Gasteiger partial charge in [-0.1, -0.05) is 0 Å². The number of hydrogen-bond acceptors (Lipinski definition) is 4. The van der Waals surface area contributed by atoms with Crippen LogP contribution in [0.2, 0.25) is 0 Å². The normalized spacial score (nSPS) is 22.0. The lowest BCUT2D eigenvalue weighted by molar-refractivity contribution is -0.131. The van der Waals surface area contributed by atoms with Crippen LogP contribution in [0.1, 0.15) is 25.0 Å². The molecule has 7 nitrogen and oxygen atoms in total. The SMILES string of the molecule is O=C(C[C@@H]1NC(=O)N(Cc2ccco2)C1=O)NC1CC1. The first-order valence-corrected chi connectivity index (χ1v) is 6.57. The van der Waals surface area contributed by atoms with Crippen molar-refractivity contribution in [2.75, 3.05) is 0 Å². The molecule has 106 valence electrons. The monoisotopic (exact) mass is 277 g/mol. The number of carbonyl (C=O) groups excluding carboxylic acids is 3. The van der Waals surface area contributed by atoms with Crippen molar-refractivity contribution in [1.82, 2.24) is 15.5 Å². The van der Waals surface area contributed by atoms with Crippen LogP contribution < -0.4 is 10.6 Å². The van der Waals surface area contributed by atoms with Crippen molar-refractivity contribution in [2.24, 2.45) is 0 Å². The maximum atomic E-state index is 12.1. The molecule has 1 saturated carbocycles. The molecule has 1 atom stereocenters. The number of imide groups is 1. The van der Waals surface area contributed by atoms with Crippen molar-refractivity contribution in [2.45, 2.75) is 37.9 Å². The highest BCUT2D eigenvalue weighted by Crippen LogP contribution is 2.19. The van der Waals surface area contributed by atoms with Gasteiger partial charge in [-0.2, -0.15) is 0 Å². The summed E-state index contributed by atoms with van der Waals surface area (Å²) in [7, 11) is 0. The van der Waals surface area contributed by atoms with E-state index in [0.29, 0.717) is 5.76 Å². The van der Waals surface area contributed by atoms with Crippen LogP contribution in [-0.4, -0.2) is 34.8 Å². The number of hydrogen-bond donors (Lipinski definition) is 2. The van der Waals surface area contributed by atoms with Gasteiger partial charge in [-0.15, -0.1) is 0 Å². The molecular weight excluding hydrogens is 262 g/mol. The predicted molar refractivity (Wildman–Crippen MR) is 67.4 cm³/mol. The van der Waals surface area contributed by atoms with Crippen molar-refractivity contribution in [3.05, 3.63) is 24.2 Å². The molecule has 1 aliphatic heterocycles. The molecule has 0 radical (unpaired) electrons. The molecule has 2 fully saturated rings. The van der Waals surface area contributed by atoms with Crippen molar-refractivity contribution in [3.63, 3.8) is 0 Å². The summed E-state index contributed by atoms with van der Waals surface area (Å²) in [5.41, 5.74) is 0. The van der Waals surface area contributed by atoms with Gasteiger partial charge in [0.15, 0.2) is 0 Å². The number of carbonyl (C=O) groups is 3. The van der Waals surface area contributed by atoms with Gasteiger partial charge in [-0.25, -0.2) is 4.79 Å². The van der Waals surface area contributed by atoms with Crippen molar-refractivity contribution >= 4 is 17.8 Å². The van der Waals surface area contributed by atoms with Gasteiger partial charge >= 0.3 is 6.03 Å². The predicted octanol–water partition coefficient (Wildman–Crippen LogP) is 0.369. The number of nitrogens with one attached hydrogen (secondary N) is 2. The Morgan fingerprint density at radius 2 is 2.25 bits per heavy atom. The van der Waals surface area contributed by atoms with E-state index in [2.05, 4.69) is 10.6 Å². The second kappa shape index (κ2) is 4.99. The Hall–Kier alpha value is -2.31. The molecule has 0 spiro atoms. The zero-order valence-corrected chi connectivity index (χ0v) is 10.8. The zero-order chi connectivity index (χ0) is 14.1. The van der Waals surface area contributed by atoms with Crippen LogP contribution in [0.5, 0.6) is 0 Å². The number of rotatable bonds is 5. The summed E-state index contributed by atoms with van der Waals surface area (Å²) in [6.07, 6.45) is 3.44. The van der Waals surface area contributed by atoms with Crippen LogP contribution in [0.4, 0.5) is 4.79 Å². The standard InChI is InChI=1S/C13H15N3O4/c17-11(14-8-3-4-8)6-10-12(18)16(13(19)15-10)7-9-2-1-5-20-9/h1-2,5,8,10H,3-4,6-7H2,(H,14,17)(H,15,19)/t10-/m0/s1. The molecule has 2 aliphatic rings. The minimum absolute atomic E-state index is 0.0181. The molecule has 1 aliphatic carbocycles. The number of amides is 4. The van der Waals surface area contributed by atoms with Crippen molar-refractivity contribution in [1.29, 1.82) is 0 Å². The molecule has 0 unspecified atom stereocenters. The lowest BCUT2D eigenvalue weighted by Crippen LogP contribution is -2.37. The second-order valence-corrected chi connectivity index (χ2v) is 5.05. The molecule has 0 aromatic carbocycles. The Kier molecular flexibility index (Phi) is 3.17. The Morgan fingerprint density at radius 1 is 1.45 bits per heavy atom. The summed E-state index contributed by atoms with van der Waals surface area (Å²) in [6.45, 7) is 0.0818. The first-order valence-electron chi connectivity index (χ1n) is 6.57. The van der Waals surface area contributed by atoms with Crippen molar-refractivity contribution in [3.8, 4) is 0 Å². The molecule has 20 heavy (non-hydrogen) atoms. The van der Waals surface area contributed by atoms with Crippen LogP contribution in [-0.2, 0) is 16.1 Å². The fraction of sp³-hybridized carbons (Fsp3) is 0.462. The molecule has 2 heterocycles. The van der Waals surface area contributed by atoms with Gasteiger partial charge in [0.2, 0.25) is 5.91 Å². The fourth-order valence-electron chi connectivity index (χ4n) is 2.12. The molecule has 2 N–H and O–H groups in total. The average Bonchev–Trinajstić information content (AvgIpc) is 2.98. The molecule has 3 rings (SSSR count). The van der Waals surface area contributed by atoms with Crippen LogP contribution in [0.15, 0.2) is 22.8 Å². The Bertz CT molecular complexity index is 536. The Balaban J connectivity index is 1.59. The maximum Gasteiger partial charge on any atom is 0.325 e. The van der Waals surface area contributed by atoms with Crippen molar-refractivity contribution < 1.29 is 18.8 Å². The summed E-state index contributed by atoms with van der Waals surface area (Å²) in [6, 6.07) is 2.35. The van der Waals surface area contributed by atoms with Gasteiger partial charge < -0.3 is 15.1 Å². The van der Waals surface area contributed by atoms with E-state index in [0.717, 1.165) is 17.7 Å². The fourth-order valence-corrected chi connectivity index (χ4v) is 2.12. The quantitative estimate of drug-likeness (QED) is 0.761. The lowest BCUT2D eigenvalue weighted by atomic mass is 10.2. The summed E-state index contributed by atoms with van der Waals surface area (Å²) in [4.78, 5) is 36.6. The van der Waals surface area contributed by atoms with E-state index in [-0.39, 0.29) is 24.9 Å². The van der Waals surface area contributed by atoms with Crippen LogP contribution in [0.25, 0.3) is 0 Å². The highest BCUT2D eigenvalue weighted by Gasteiger charge is 2.39. The van der Waals surface area contributed by atoms with E-state index in [1.165, 1.54) is 6.26 Å². The zero-order valence-electron chi connectivity index (χ0n) is 10.8. The van der Waals surface area contributed by atoms with E-state index in [9.17, 15) is 14.4 Å². The first kappa shape index (κ1) is 12.7. The van der Waals surface area contributed by atoms with Gasteiger partial charge in [0, 0.05) is 6.04 Å². The van der Waals surface area contributed by atoms with Gasteiger partial charge in [0.05, 0.1) is 19.2 Å². The minimum atomic E-state index is -0.781. The second-order valence-electron chi connectivity index (χ2n) is 5.05. The average molecular weight is 277 g/mol. The lowest BCUT2D eigenvalue weighted by Gasteiger charge is -2.11. The number of nitrogens with zero attached hydrogens (tertiary/aromatic N) is 1. The number of urea groups is 1. The molecule has 4 amide bonds. The van der Waals surface area contributed by atoms with E-state index >= 15 is 0 Å². The molecule has 1 saturated heterocycles. The van der Waals surface area contributed by atoms with Gasteiger partial charge in [-0.05, 0) is 25.0 Å². The van der Waals surface area contributed by atoms with Gasteiger partial charge in [0.25, 0.3) is 5.91 Å². The van der Waals surface area contributed by atoms with Crippen LogP contribution >= 0.6 is 0 Å². The third kappa shape index (κ3) is 2.66. The largest absolute Gasteiger partial charge is 0.467 e. The third-order valence-corrected chi connectivity index (χ3v) is 3.33. The number of furan rings is 1. The molecule has 1 aromatic heterocycles. The topological polar surface area (TPSA) is 91.7 Å². The van der Waals surface area contributed by atoms with E-state index in [4.69, 9.17) is 4.42 Å². The summed E-state index contributed by atoms with van der Waals surface area (Å²) < 4.78 is 5.12. The highest BCUT2D eigenvalue weighted by atomic mass is 16.3. The molecule has 1 aromatic rings. The summed E-state index contributed by atoms with van der Waals surface area (Å²) in [5, 5.41) is 5.32. The van der Waals surface area contributed by atoms with E-state index in [1.54, 1.807) is 12.1 Å². The Labute approximate surface area is 115 Å². The molecule has 7 heteroatoms. The van der Waals surface area contributed by atoms with E-state index < -0.39 is 18.0 Å². The smallest absolute Gasteiger partial charge is 0.325 e. The Morgan fingerprint density at radius 3 is 2.90 bits per heavy atom. The third-order valence-electron chi connectivity index (χ3n) is 3.33. The van der Waals surface area contributed by atoms with E-state index in [1.807, 2.05) is 0 Å².